The van der Waals surface area contributed by atoms with Gasteiger partial charge >= 0.3 is 11.9 Å². The van der Waals surface area contributed by atoms with Crippen LogP contribution in [0, 0.1) is 0 Å². The van der Waals surface area contributed by atoms with E-state index in [1.54, 1.807) is 50.2 Å². The number of hydrogen-bond donors (Lipinski definition) is 2. The van der Waals surface area contributed by atoms with Gasteiger partial charge in [0.25, 0.3) is 11.5 Å². The molecule has 152 valence electrons. The lowest BCUT2D eigenvalue weighted by Crippen LogP contribution is -2.74. The number of hydrogen-bond acceptors (Lipinski definition) is 7. The molecule has 0 bridgehead atoms. The highest BCUT2D eigenvalue weighted by molar-refractivity contribution is 7.99. The Balaban J connectivity index is 1.99. The average Bonchev–Trinajstić information content (AvgIpc) is 2.76. The standard InChI is InChI=1S/C21H21NO6S/c1-3-19(24)28-22-14(2)20(25)15-4-8-17(9-5-15)29-18-10-6-16(7-11-18)21(26)27-13-12-23/h4-11,23H,3,12-13H2,1-2H3/p+1/b22-14+. The molecule has 8 heteroatoms. The molecule has 0 unspecified atom stereocenters. The minimum Gasteiger partial charge on any atom is -0.460 e. The maximum Gasteiger partial charge on any atom is 0.379 e. The first-order valence-corrected chi connectivity index (χ1v) is 9.76. The molecule has 0 amide bonds. The molecule has 2 aromatic carbocycles. The Labute approximate surface area is 172 Å². The van der Waals surface area contributed by atoms with Crippen LogP contribution in [0.5, 0.6) is 0 Å². The fourth-order valence-electron chi connectivity index (χ4n) is 2.16. The average molecular weight is 416 g/mol. The van der Waals surface area contributed by atoms with Crippen LogP contribution in [0.3, 0.4) is 0 Å². The number of aliphatic hydroxyl groups is 1. The quantitative estimate of drug-likeness (QED) is 0.210. The van der Waals surface area contributed by atoms with E-state index >= 15 is 0 Å². The second-order valence-corrected chi connectivity index (χ2v) is 7.04. The number of ketones is 1. The SMILES string of the molecule is CCC(=O)O/[NH+]=C(\C)C(=O)c1ccc(Sc2ccc(C(=O)OCCO)cc2)cc1. The summed E-state index contributed by atoms with van der Waals surface area (Å²) in [7, 11) is 0. The molecular formula is C21H22NO6S+. The van der Waals surface area contributed by atoms with E-state index in [-0.39, 0.29) is 31.1 Å². The van der Waals surface area contributed by atoms with Crippen LogP contribution >= 0.6 is 11.8 Å². The van der Waals surface area contributed by atoms with E-state index in [4.69, 9.17) is 14.7 Å². The molecule has 0 radical (unpaired) electrons. The van der Waals surface area contributed by atoms with Crippen molar-refractivity contribution in [3.05, 3.63) is 59.7 Å². The highest BCUT2D eigenvalue weighted by atomic mass is 32.2. The Morgan fingerprint density at radius 2 is 1.52 bits per heavy atom. The summed E-state index contributed by atoms with van der Waals surface area (Å²) in [6.45, 7) is 2.96. The summed E-state index contributed by atoms with van der Waals surface area (Å²) in [6.07, 6.45) is 0.214. The molecule has 0 aliphatic carbocycles. The van der Waals surface area contributed by atoms with Gasteiger partial charge in [-0.25, -0.2) is 14.4 Å². The molecule has 0 aliphatic rings. The van der Waals surface area contributed by atoms with Crippen LogP contribution in [0.4, 0.5) is 0 Å². The van der Waals surface area contributed by atoms with Crippen molar-refractivity contribution in [3.63, 3.8) is 0 Å². The van der Waals surface area contributed by atoms with Gasteiger partial charge in [0, 0.05) is 28.7 Å². The highest BCUT2D eigenvalue weighted by Gasteiger charge is 2.17. The second-order valence-electron chi connectivity index (χ2n) is 5.89. The Kier molecular flexibility index (Phi) is 8.57. The third kappa shape index (κ3) is 6.85. The summed E-state index contributed by atoms with van der Waals surface area (Å²) >= 11 is 1.48. The van der Waals surface area contributed by atoms with Crippen molar-refractivity contribution in [2.45, 2.75) is 30.1 Å². The second kappa shape index (κ2) is 11.1. The number of benzene rings is 2. The Bertz CT molecular complexity index is 890. The lowest BCUT2D eigenvalue weighted by molar-refractivity contribution is -0.723. The molecule has 7 nitrogen and oxygen atoms in total. The summed E-state index contributed by atoms with van der Waals surface area (Å²) in [6, 6.07) is 13.9. The summed E-state index contributed by atoms with van der Waals surface area (Å²) in [5, 5.41) is 11.1. The van der Waals surface area contributed by atoms with Gasteiger partial charge in [0.05, 0.1) is 12.2 Å². The number of esters is 1. The van der Waals surface area contributed by atoms with Crippen molar-refractivity contribution < 1.29 is 34.2 Å². The summed E-state index contributed by atoms with van der Waals surface area (Å²) in [4.78, 5) is 41.8. The van der Waals surface area contributed by atoms with Crippen LogP contribution in [0.1, 0.15) is 41.0 Å². The van der Waals surface area contributed by atoms with E-state index in [0.29, 0.717) is 11.1 Å². The molecule has 2 aromatic rings. The number of ether oxygens (including phenoxy) is 1. The van der Waals surface area contributed by atoms with E-state index in [1.807, 2.05) is 12.1 Å². The molecule has 2 N–H and O–H groups in total. The Morgan fingerprint density at radius 3 is 2.03 bits per heavy atom. The molecule has 29 heavy (non-hydrogen) atoms. The van der Waals surface area contributed by atoms with Crippen molar-refractivity contribution in [1.82, 2.24) is 0 Å². The third-order valence-electron chi connectivity index (χ3n) is 3.71. The molecule has 0 spiro atoms. The van der Waals surface area contributed by atoms with E-state index < -0.39 is 11.9 Å². The summed E-state index contributed by atoms with van der Waals surface area (Å²) in [5.74, 6) is -1.20. The van der Waals surface area contributed by atoms with E-state index in [1.165, 1.54) is 11.8 Å². The van der Waals surface area contributed by atoms with Crippen molar-refractivity contribution in [1.29, 1.82) is 0 Å². The van der Waals surface area contributed by atoms with E-state index in [0.717, 1.165) is 9.79 Å². The van der Waals surface area contributed by atoms with Crippen LogP contribution in [-0.4, -0.2) is 41.8 Å². The maximum atomic E-state index is 12.3. The lowest BCUT2D eigenvalue weighted by Gasteiger charge is -2.05. The molecule has 0 aliphatic heterocycles. The monoisotopic (exact) mass is 416 g/mol. The Hall–Kier alpha value is -2.97. The molecule has 2 rings (SSSR count). The van der Waals surface area contributed by atoms with Crippen molar-refractivity contribution in [2.75, 3.05) is 13.2 Å². The zero-order valence-corrected chi connectivity index (χ0v) is 17.0. The lowest BCUT2D eigenvalue weighted by atomic mass is 10.1. The molecule has 0 aromatic heterocycles. The first-order chi connectivity index (χ1) is 13.9. The van der Waals surface area contributed by atoms with Crippen molar-refractivity contribution in [2.24, 2.45) is 0 Å². The van der Waals surface area contributed by atoms with Crippen LogP contribution in [0.25, 0.3) is 0 Å². The summed E-state index contributed by atoms with van der Waals surface area (Å²) < 4.78 is 4.86. The first-order valence-electron chi connectivity index (χ1n) is 8.94. The zero-order chi connectivity index (χ0) is 21.2. The number of aliphatic hydroxyl groups excluding tert-OH is 1. The van der Waals surface area contributed by atoms with Gasteiger partial charge in [0.1, 0.15) is 6.61 Å². The van der Waals surface area contributed by atoms with Gasteiger partial charge in [0.2, 0.25) is 0 Å². The molecule has 0 atom stereocenters. The smallest absolute Gasteiger partial charge is 0.379 e. The molecular weight excluding hydrogens is 394 g/mol. The zero-order valence-electron chi connectivity index (χ0n) is 16.1. The molecule has 0 heterocycles. The van der Waals surface area contributed by atoms with Crippen LogP contribution in [0.15, 0.2) is 58.3 Å². The fraction of sp³-hybridized carbons (Fsp3) is 0.238. The van der Waals surface area contributed by atoms with Crippen molar-refractivity contribution in [3.8, 4) is 0 Å². The minimum atomic E-state index is -0.483. The van der Waals surface area contributed by atoms with E-state index in [9.17, 15) is 14.4 Å². The minimum absolute atomic E-state index is 0.0339. The Morgan fingerprint density at radius 1 is 0.966 bits per heavy atom. The fourth-order valence-corrected chi connectivity index (χ4v) is 2.98. The largest absolute Gasteiger partial charge is 0.460 e. The predicted molar refractivity (Wildman–Crippen MR) is 107 cm³/mol. The van der Waals surface area contributed by atoms with Gasteiger partial charge in [-0.05, 0) is 53.7 Å². The van der Waals surface area contributed by atoms with Gasteiger partial charge in [-0.1, -0.05) is 18.7 Å². The normalized spacial score (nSPS) is 11.1. The number of carbonyl (C=O) groups is 3. The van der Waals surface area contributed by atoms with Gasteiger partial charge in [-0.2, -0.15) is 0 Å². The number of carbonyl (C=O) groups excluding carboxylic acids is 3. The highest BCUT2D eigenvalue weighted by Crippen LogP contribution is 2.28. The molecule has 0 saturated heterocycles. The van der Waals surface area contributed by atoms with Crippen molar-refractivity contribution >= 4 is 35.2 Å². The van der Waals surface area contributed by atoms with Crippen LogP contribution in [-0.2, 0) is 14.4 Å². The molecule has 0 saturated carbocycles. The van der Waals surface area contributed by atoms with Gasteiger partial charge in [-0.3, -0.25) is 4.79 Å². The van der Waals surface area contributed by atoms with Gasteiger partial charge in [0.15, 0.2) is 0 Å². The summed E-state index contributed by atoms with van der Waals surface area (Å²) in [5.41, 5.74) is 1.09. The van der Waals surface area contributed by atoms with Crippen LogP contribution < -0.4 is 5.16 Å². The predicted octanol–water partition coefficient (Wildman–Crippen LogP) is 1.58. The van der Waals surface area contributed by atoms with Gasteiger partial charge < -0.3 is 9.84 Å². The number of rotatable bonds is 9. The van der Waals surface area contributed by atoms with Crippen LogP contribution in [0.2, 0.25) is 0 Å². The van der Waals surface area contributed by atoms with E-state index in [2.05, 4.69) is 5.16 Å². The number of Topliss-reactive ketones (excluding diaryl/α,β-unsaturated/α-hetero) is 1. The molecule has 0 fully saturated rings. The third-order valence-corrected chi connectivity index (χ3v) is 4.73. The van der Waals surface area contributed by atoms with Gasteiger partial charge in [-0.15, -0.1) is 0 Å². The maximum absolute atomic E-state index is 12.3. The number of nitrogens with one attached hydrogen (secondary N) is 1. The topological polar surface area (TPSA) is 104 Å². The first kappa shape index (κ1) is 22.3.